The molecule has 9 heteroatoms. The number of hydrogen-bond donors (Lipinski definition) is 3. The lowest BCUT2D eigenvalue weighted by molar-refractivity contribution is -0.383. The summed E-state index contributed by atoms with van der Waals surface area (Å²) in [6.07, 6.45) is 0. The zero-order chi connectivity index (χ0) is 15.6. The second-order valence-electron chi connectivity index (χ2n) is 3.97. The Bertz CT molecular complexity index is 712. The van der Waals surface area contributed by atoms with Crippen molar-refractivity contribution in [3.63, 3.8) is 0 Å². The Balaban J connectivity index is 2.49. The van der Waals surface area contributed by atoms with Gasteiger partial charge in [-0.1, -0.05) is 6.07 Å². The van der Waals surface area contributed by atoms with Crippen LogP contribution in [0.3, 0.4) is 0 Å². The van der Waals surface area contributed by atoms with Crippen molar-refractivity contribution >= 4 is 38.7 Å². The number of nitrogens with one attached hydrogen (secondary N) is 2. The molecule has 6 nitrogen and oxygen atoms in total. The summed E-state index contributed by atoms with van der Waals surface area (Å²) in [5.74, 6) is 3.56. The second kappa shape index (κ2) is 6.02. The van der Waals surface area contributed by atoms with Crippen LogP contribution in [0.2, 0.25) is 0 Å². The number of hydrogen-bond acceptors (Lipinski definition) is 5. The average Bonchev–Trinajstić information content (AvgIpc) is 2.44. The number of nitrogens with zero attached hydrogens (tertiary/aromatic N) is 1. The first-order chi connectivity index (χ1) is 9.93. The molecule has 0 aliphatic carbocycles. The number of benzene rings is 2. The molecule has 110 valence electrons. The summed E-state index contributed by atoms with van der Waals surface area (Å²) in [6.45, 7) is 0. The summed E-state index contributed by atoms with van der Waals surface area (Å²) in [4.78, 5) is 10.4. The number of hydrazine groups is 1. The Hall–Kier alpha value is -2.26. The lowest BCUT2D eigenvalue weighted by Gasteiger charge is -2.11. The van der Waals surface area contributed by atoms with Gasteiger partial charge in [-0.05, 0) is 34.1 Å². The van der Waals surface area contributed by atoms with Crippen molar-refractivity contribution in [2.45, 2.75) is 0 Å². The van der Waals surface area contributed by atoms with E-state index in [1.165, 1.54) is 18.2 Å². The maximum Gasteiger partial charge on any atom is 0.316 e. The van der Waals surface area contributed by atoms with Gasteiger partial charge in [0.05, 0.1) is 15.1 Å². The number of para-hydroxylation sites is 1. The molecule has 0 radical (unpaired) electrons. The first-order valence-corrected chi connectivity index (χ1v) is 6.39. The fourth-order valence-corrected chi connectivity index (χ4v) is 2.06. The van der Waals surface area contributed by atoms with Crippen molar-refractivity contribution < 1.29 is 13.7 Å². The van der Waals surface area contributed by atoms with Crippen molar-refractivity contribution in [3.05, 3.63) is 56.6 Å². The topological polar surface area (TPSA) is 93.2 Å². The summed E-state index contributed by atoms with van der Waals surface area (Å²) in [7, 11) is 0. The predicted octanol–water partition coefficient (Wildman–Crippen LogP) is 3.66. The van der Waals surface area contributed by atoms with Crippen LogP contribution in [0.4, 0.5) is 31.5 Å². The molecule has 2 rings (SSSR count). The lowest BCUT2D eigenvalue weighted by Crippen LogP contribution is -2.10. The van der Waals surface area contributed by atoms with Gasteiger partial charge in [0.25, 0.3) is 0 Å². The van der Waals surface area contributed by atoms with Crippen LogP contribution in [0, 0.1) is 21.7 Å². The molecule has 0 atom stereocenters. The summed E-state index contributed by atoms with van der Waals surface area (Å²) >= 11 is 2.92. The molecule has 0 spiro atoms. The molecule has 0 aromatic heterocycles. The summed E-state index contributed by atoms with van der Waals surface area (Å²) < 4.78 is 26.9. The van der Waals surface area contributed by atoms with Crippen molar-refractivity contribution in [1.82, 2.24) is 0 Å². The van der Waals surface area contributed by atoms with Gasteiger partial charge in [-0.25, -0.2) is 8.78 Å². The minimum atomic E-state index is -0.879. The maximum absolute atomic E-state index is 13.7. The zero-order valence-electron chi connectivity index (χ0n) is 10.4. The molecule has 0 heterocycles. The zero-order valence-corrected chi connectivity index (χ0v) is 11.9. The van der Waals surface area contributed by atoms with Crippen molar-refractivity contribution in [3.8, 4) is 0 Å². The van der Waals surface area contributed by atoms with Crippen LogP contribution in [0.15, 0.2) is 34.8 Å². The quantitative estimate of drug-likeness (QED) is 0.335. The number of anilines is 3. The number of nitrogens with two attached hydrogens (primary N) is 1. The Kier molecular flexibility index (Phi) is 4.34. The molecule has 0 bridgehead atoms. The lowest BCUT2D eigenvalue weighted by atomic mass is 10.2. The third-order valence-corrected chi connectivity index (χ3v) is 3.26. The van der Waals surface area contributed by atoms with Gasteiger partial charge in [0, 0.05) is 6.07 Å². The number of rotatable bonds is 4. The minimum Gasteiger partial charge on any atom is -0.347 e. The highest BCUT2D eigenvalue weighted by Gasteiger charge is 2.20. The summed E-state index contributed by atoms with van der Waals surface area (Å²) in [5, 5.41) is 13.7. The highest BCUT2D eigenvalue weighted by atomic mass is 79.9. The number of nitro groups is 1. The Labute approximate surface area is 126 Å². The first-order valence-electron chi connectivity index (χ1n) is 5.59. The van der Waals surface area contributed by atoms with Crippen molar-refractivity contribution in [2.75, 3.05) is 10.7 Å². The molecule has 0 saturated heterocycles. The van der Waals surface area contributed by atoms with E-state index < -0.39 is 16.6 Å². The molecule has 0 amide bonds. The largest absolute Gasteiger partial charge is 0.347 e. The molecule has 4 N–H and O–H groups in total. The van der Waals surface area contributed by atoms with Crippen LogP contribution in [0.1, 0.15) is 0 Å². The molecule has 0 aliphatic heterocycles. The van der Waals surface area contributed by atoms with Crippen LogP contribution in [-0.4, -0.2) is 4.92 Å². The molecule has 0 unspecified atom stereocenters. The Morgan fingerprint density at radius 3 is 2.43 bits per heavy atom. The maximum atomic E-state index is 13.7. The van der Waals surface area contributed by atoms with E-state index in [1.807, 2.05) is 0 Å². The van der Waals surface area contributed by atoms with Gasteiger partial charge in [-0.2, -0.15) is 0 Å². The third kappa shape index (κ3) is 3.09. The van der Waals surface area contributed by atoms with E-state index >= 15 is 0 Å². The van der Waals surface area contributed by atoms with E-state index in [0.29, 0.717) is 6.07 Å². The predicted molar refractivity (Wildman–Crippen MR) is 78.2 cm³/mol. The van der Waals surface area contributed by atoms with Crippen LogP contribution in [0.5, 0.6) is 0 Å². The molecule has 2 aromatic carbocycles. The number of halogens is 3. The first kappa shape index (κ1) is 15.1. The van der Waals surface area contributed by atoms with Crippen LogP contribution in [-0.2, 0) is 0 Å². The van der Waals surface area contributed by atoms with Crippen LogP contribution >= 0.6 is 15.9 Å². The van der Waals surface area contributed by atoms with Gasteiger partial charge in [-0.3, -0.25) is 16.0 Å². The van der Waals surface area contributed by atoms with E-state index in [9.17, 15) is 18.9 Å². The molecular weight excluding hydrogens is 350 g/mol. The standard InChI is InChI=1S/C12H9BrF2N4O2/c13-6-4-11(8(15)5-7(6)14)17-9-2-1-3-10(18-16)12(9)19(20)21/h1-5,17-18H,16H2. The molecule has 0 fully saturated rings. The van der Waals surface area contributed by atoms with Gasteiger partial charge in [0.15, 0.2) is 0 Å². The van der Waals surface area contributed by atoms with E-state index in [1.54, 1.807) is 0 Å². The minimum absolute atomic E-state index is 0.0212. The molecule has 0 aliphatic rings. The second-order valence-corrected chi connectivity index (χ2v) is 4.83. The summed E-state index contributed by atoms with van der Waals surface area (Å²) in [5.41, 5.74) is 1.82. The van der Waals surface area contributed by atoms with Gasteiger partial charge in [0.2, 0.25) is 0 Å². The molecule has 0 saturated carbocycles. The fourth-order valence-electron chi connectivity index (χ4n) is 1.72. The smallest absolute Gasteiger partial charge is 0.316 e. The third-order valence-electron chi connectivity index (χ3n) is 2.65. The van der Waals surface area contributed by atoms with Gasteiger partial charge >= 0.3 is 5.69 Å². The van der Waals surface area contributed by atoms with Crippen molar-refractivity contribution in [2.24, 2.45) is 5.84 Å². The van der Waals surface area contributed by atoms with E-state index in [4.69, 9.17) is 5.84 Å². The van der Waals surface area contributed by atoms with Gasteiger partial charge < -0.3 is 10.7 Å². The molecular formula is C12H9BrF2N4O2. The average molecular weight is 359 g/mol. The van der Waals surface area contributed by atoms with Gasteiger partial charge in [-0.15, -0.1) is 0 Å². The normalized spacial score (nSPS) is 10.3. The fraction of sp³-hybridized carbons (Fsp3) is 0. The molecule has 2 aromatic rings. The molecule has 21 heavy (non-hydrogen) atoms. The monoisotopic (exact) mass is 358 g/mol. The highest BCUT2D eigenvalue weighted by molar-refractivity contribution is 9.10. The summed E-state index contributed by atoms with van der Waals surface area (Å²) in [6, 6.07) is 6.11. The van der Waals surface area contributed by atoms with E-state index in [-0.39, 0.29) is 27.2 Å². The van der Waals surface area contributed by atoms with Crippen LogP contribution in [0.25, 0.3) is 0 Å². The van der Waals surface area contributed by atoms with E-state index in [2.05, 4.69) is 26.7 Å². The van der Waals surface area contributed by atoms with E-state index in [0.717, 1.165) is 6.07 Å². The SMILES string of the molecule is NNc1cccc(Nc2cc(Br)c(F)cc2F)c1[N+](=O)[O-]. The Morgan fingerprint density at radius 2 is 1.81 bits per heavy atom. The van der Waals surface area contributed by atoms with Crippen LogP contribution < -0.4 is 16.6 Å². The van der Waals surface area contributed by atoms with Crippen molar-refractivity contribution in [1.29, 1.82) is 0 Å². The Morgan fingerprint density at radius 1 is 1.14 bits per heavy atom. The van der Waals surface area contributed by atoms with Gasteiger partial charge in [0.1, 0.15) is 23.0 Å². The number of nitrogen functional groups attached to an aromatic ring is 1. The number of nitro benzene ring substituents is 1. The highest BCUT2D eigenvalue weighted by Crippen LogP contribution is 2.35.